The van der Waals surface area contributed by atoms with Gasteiger partial charge in [-0.3, -0.25) is 0 Å². The van der Waals surface area contributed by atoms with Gasteiger partial charge in [0.2, 0.25) is 0 Å². The van der Waals surface area contributed by atoms with E-state index in [-0.39, 0.29) is 18.8 Å². The molecule has 0 bridgehead atoms. The molecule has 0 aromatic carbocycles. The fourth-order valence-corrected chi connectivity index (χ4v) is 1.04. The van der Waals surface area contributed by atoms with Crippen LogP contribution in [0.1, 0.15) is 21.9 Å². The number of carboxylic acids is 1. The molecule has 0 atom stereocenters. The molecule has 1 aromatic rings. The lowest BCUT2D eigenvalue weighted by molar-refractivity contribution is 0.0695. The SMILES string of the molecule is C#CCOCc1cc(C(=O)O)c(C)o1. The number of hydrogen-bond acceptors (Lipinski definition) is 3. The Bertz CT molecular complexity index is 370. The summed E-state index contributed by atoms with van der Waals surface area (Å²) >= 11 is 0. The van der Waals surface area contributed by atoms with Crippen LogP contribution in [0.5, 0.6) is 0 Å². The van der Waals surface area contributed by atoms with Gasteiger partial charge in [-0.25, -0.2) is 4.79 Å². The second kappa shape index (κ2) is 4.49. The third-order valence-electron chi connectivity index (χ3n) is 1.63. The van der Waals surface area contributed by atoms with E-state index in [1.165, 1.54) is 6.07 Å². The Morgan fingerprint density at radius 2 is 2.50 bits per heavy atom. The van der Waals surface area contributed by atoms with Crippen LogP contribution in [0.15, 0.2) is 10.5 Å². The average Bonchev–Trinajstić information content (AvgIpc) is 2.47. The molecule has 0 saturated carbocycles. The summed E-state index contributed by atoms with van der Waals surface area (Å²) in [5, 5.41) is 8.72. The van der Waals surface area contributed by atoms with Crippen molar-refractivity contribution in [2.75, 3.05) is 6.61 Å². The van der Waals surface area contributed by atoms with Gasteiger partial charge in [-0.1, -0.05) is 5.92 Å². The zero-order chi connectivity index (χ0) is 10.6. The van der Waals surface area contributed by atoms with Crippen molar-refractivity contribution >= 4 is 5.97 Å². The van der Waals surface area contributed by atoms with Gasteiger partial charge in [0.15, 0.2) is 0 Å². The van der Waals surface area contributed by atoms with Crippen molar-refractivity contribution in [2.24, 2.45) is 0 Å². The Morgan fingerprint density at radius 3 is 3.00 bits per heavy atom. The maximum absolute atomic E-state index is 10.6. The molecule has 1 aromatic heterocycles. The molecule has 4 nitrogen and oxygen atoms in total. The first kappa shape index (κ1) is 10.4. The molecule has 0 aliphatic heterocycles. The highest BCUT2D eigenvalue weighted by Gasteiger charge is 2.13. The van der Waals surface area contributed by atoms with Crippen LogP contribution < -0.4 is 0 Å². The van der Waals surface area contributed by atoms with Crippen molar-refractivity contribution in [3.05, 3.63) is 23.2 Å². The van der Waals surface area contributed by atoms with Crippen LogP contribution in [-0.2, 0) is 11.3 Å². The summed E-state index contributed by atoms with van der Waals surface area (Å²) in [6, 6.07) is 1.44. The molecule has 0 radical (unpaired) electrons. The topological polar surface area (TPSA) is 59.7 Å². The van der Waals surface area contributed by atoms with Crippen molar-refractivity contribution in [3.8, 4) is 12.3 Å². The summed E-state index contributed by atoms with van der Waals surface area (Å²) in [4.78, 5) is 10.6. The number of furan rings is 1. The molecule has 0 fully saturated rings. The molecule has 0 amide bonds. The molecule has 1 heterocycles. The van der Waals surface area contributed by atoms with Crippen LogP contribution in [0.25, 0.3) is 0 Å². The first-order valence-corrected chi connectivity index (χ1v) is 3.99. The van der Waals surface area contributed by atoms with Gasteiger partial charge in [-0.05, 0) is 13.0 Å². The minimum absolute atomic E-state index is 0.157. The highest BCUT2D eigenvalue weighted by atomic mass is 16.5. The van der Waals surface area contributed by atoms with Crippen LogP contribution in [0.2, 0.25) is 0 Å². The van der Waals surface area contributed by atoms with E-state index in [1.807, 2.05) is 0 Å². The minimum Gasteiger partial charge on any atom is -0.478 e. The number of terminal acetylenes is 1. The maximum Gasteiger partial charge on any atom is 0.339 e. The number of carbonyl (C=O) groups is 1. The van der Waals surface area contributed by atoms with Gasteiger partial charge in [0.05, 0.1) is 0 Å². The predicted octanol–water partition coefficient (Wildman–Crippen LogP) is 1.44. The second-order valence-corrected chi connectivity index (χ2v) is 2.68. The molecular weight excluding hydrogens is 184 g/mol. The van der Waals surface area contributed by atoms with E-state index in [9.17, 15) is 4.79 Å². The van der Waals surface area contributed by atoms with Crippen LogP contribution in [-0.4, -0.2) is 17.7 Å². The molecular formula is C10H10O4. The summed E-state index contributed by atoms with van der Waals surface area (Å²) in [7, 11) is 0. The van der Waals surface area contributed by atoms with Crippen molar-refractivity contribution in [2.45, 2.75) is 13.5 Å². The van der Waals surface area contributed by atoms with Crippen molar-refractivity contribution in [3.63, 3.8) is 0 Å². The van der Waals surface area contributed by atoms with Crippen molar-refractivity contribution in [1.29, 1.82) is 0 Å². The lowest BCUT2D eigenvalue weighted by Gasteiger charge is -1.94. The standard InChI is InChI=1S/C10H10O4/c1-3-4-13-6-8-5-9(10(11)12)7(2)14-8/h1,5H,4,6H2,2H3,(H,11,12). The minimum atomic E-state index is -1.01. The Hall–Kier alpha value is -1.73. The summed E-state index contributed by atoms with van der Waals surface area (Å²) in [6.07, 6.45) is 4.98. The molecule has 0 saturated heterocycles. The lowest BCUT2D eigenvalue weighted by Crippen LogP contribution is -1.95. The van der Waals surface area contributed by atoms with Gasteiger partial charge < -0.3 is 14.3 Å². The fourth-order valence-electron chi connectivity index (χ4n) is 1.04. The number of ether oxygens (including phenoxy) is 1. The van der Waals surface area contributed by atoms with Crippen molar-refractivity contribution in [1.82, 2.24) is 0 Å². The molecule has 4 heteroatoms. The number of aryl methyl sites for hydroxylation is 1. The van der Waals surface area contributed by atoms with Crippen LogP contribution in [0, 0.1) is 19.3 Å². The van der Waals surface area contributed by atoms with Crippen LogP contribution in [0.4, 0.5) is 0 Å². The van der Waals surface area contributed by atoms with Crippen molar-refractivity contribution < 1.29 is 19.1 Å². The molecule has 0 spiro atoms. The number of rotatable bonds is 4. The zero-order valence-electron chi connectivity index (χ0n) is 7.74. The first-order valence-electron chi connectivity index (χ1n) is 3.99. The van der Waals surface area contributed by atoms with Gasteiger partial charge in [-0.15, -0.1) is 6.42 Å². The van der Waals surface area contributed by atoms with Gasteiger partial charge in [0, 0.05) is 0 Å². The predicted molar refractivity (Wildman–Crippen MR) is 48.9 cm³/mol. The van der Waals surface area contributed by atoms with E-state index in [0.717, 1.165) is 0 Å². The van der Waals surface area contributed by atoms with Crippen LogP contribution in [0.3, 0.4) is 0 Å². The number of hydrogen-bond donors (Lipinski definition) is 1. The van der Waals surface area contributed by atoms with Gasteiger partial charge in [0.25, 0.3) is 0 Å². The largest absolute Gasteiger partial charge is 0.478 e. The van der Waals surface area contributed by atoms with Gasteiger partial charge >= 0.3 is 5.97 Å². The molecule has 1 N–H and O–H groups in total. The molecule has 1 rings (SSSR count). The maximum atomic E-state index is 10.6. The highest BCUT2D eigenvalue weighted by Crippen LogP contribution is 2.15. The summed E-state index contributed by atoms with van der Waals surface area (Å²) in [6.45, 7) is 1.97. The Morgan fingerprint density at radius 1 is 1.79 bits per heavy atom. The summed E-state index contributed by atoms with van der Waals surface area (Å²) < 4.78 is 10.1. The third kappa shape index (κ3) is 2.38. The zero-order valence-corrected chi connectivity index (χ0v) is 7.74. The summed E-state index contributed by atoms with van der Waals surface area (Å²) in [5.41, 5.74) is 0.157. The third-order valence-corrected chi connectivity index (χ3v) is 1.63. The number of carboxylic acid groups (broad SMARTS) is 1. The fraction of sp³-hybridized carbons (Fsp3) is 0.300. The molecule has 0 aliphatic carbocycles. The van der Waals surface area contributed by atoms with E-state index in [0.29, 0.717) is 11.5 Å². The second-order valence-electron chi connectivity index (χ2n) is 2.68. The Balaban J connectivity index is 2.67. The van der Waals surface area contributed by atoms with Gasteiger partial charge in [-0.2, -0.15) is 0 Å². The normalized spacial score (nSPS) is 9.71. The van der Waals surface area contributed by atoms with E-state index in [1.54, 1.807) is 6.92 Å². The lowest BCUT2D eigenvalue weighted by atomic mass is 10.2. The van der Waals surface area contributed by atoms with Crippen LogP contribution >= 0.6 is 0 Å². The van der Waals surface area contributed by atoms with E-state index >= 15 is 0 Å². The molecule has 0 unspecified atom stereocenters. The van der Waals surface area contributed by atoms with Gasteiger partial charge in [0.1, 0.15) is 30.3 Å². The Kier molecular flexibility index (Phi) is 3.32. The monoisotopic (exact) mass is 194 g/mol. The quantitative estimate of drug-likeness (QED) is 0.582. The molecule has 14 heavy (non-hydrogen) atoms. The smallest absolute Gasteiger partial charge is 0.339 e. The van der Waals surface area contributed by atoms with E-state index in [2.05, 4.69) is 5.92 Å². The Labute approximate surface area is 81.5 Å². The highest BCUT2D eigenvalue weighted by molar-refractivity contribution is 5.88. The van der Waals surface area contributed by atoms with E-state index in [4.69, 9.17) is 20.7 Å². The van der Waals surface area contributed by atoms with E-state index < -0.39 is 5.97 Å². The molecule has 0 aliphatic rings. The number of aromatic carboxylic acids is 1. The average molecular weight is 194 g/mol. The summed E-state index contributed by atoms with van der Waals surface area (Å²) in [5.74, 6) is 2.14. The first-order chi connectivity index (χ1) is 6.65. The molecule has 74 valence electrons.